The molecule has 0 aliphatic rings. The highest BCUT2D eigenvalue weighted by Gasteiger charge is 2.24. The second-order valence-corrected chi connectivity index (χ2v) is 5.70. The average Bonchev–Trinajstić information content (AvgIpc) is 2.24. The molecule has 0 saturated heterocycles. The molecule has 10 heteroatoms. The first-order valence-corrected chi connectivity index (χ1v) is 7.27. The second-order valence-electron chi connectivity index (χ2n) is 3.77. The third kappa shape index (κ3) is 7.59. The number of sulfonamides is 1. The van der Waals surface area contributed by atoms with Gasteiger partial charge in [0.25, 0.3) is 0 Å². The molecule has 0 aromatic heterocycles. The highest BCUT2D eigenvalue weighted by molar-refractivity contribution is 7.89. The van der Waals surface area contributed by atoms with Crippen LogP contribution in [0.5, 0.6) is 0 Å². The molecule has 0 rings (SSSR count). The van der Waals surface area contributed by atoms with E-state index in [4.69, 9.17) is 10.2 Å². The van der Waals surface area contributed by atoms with Gasteiger partial charge in [0.1, 0.15) is 0 Å². The van der Waals surface area contributed by atoms with Crippen LogP contribution in [0.25, 0.3) is 0 Å². The number of carboxylic acid groups (broad SMARTS) is 1. The number of carboxylic acids is 1. The van der Waals surface area contributed by atoms with Crippen molar-refractivity contribution < 1.29 is 28.2 Å². The largest absolute Gasteiger partial charge is 0.480 e. The van der Waals surface area contributed by atoms with Crippen LogP contribution < -0.4 is 15.4 Å². The molecule has 0 heterocycles. The molecule has 0 saturated carbocycles. The van der Waals surface area contributed by atoms with E-state index in [1.54, 1.807) is 6.92 Å². The number of urea groups is 1. The van der Waals surface area contributed by atoms with Crippen LogP contribution in [0.4, 0.5) is 4.79 Å². The lowest BCUT2D eigenvalue weighted by Crippen LogP contribution is -2.51. The van der Waals surface area contributed by atoms with Crippen molar-refractivity contribution in [2.24, 2.45) is 0 Å². The summed E-state index contributed by atoms with van der Waals surface area (Å²) >= 11 is 0. The van der Waals surface area contributed by atoms with Crippen molar-refractivity contribution in [1.29, 1.82) is 0 Å². The van der Waals surface area contributed by atoms with Crippen molar-refractivity contribution in [3.05, 3.63) is 0 Å². The number of amides is 2. The predicted molar refractivity (Wildman–Crippen MR) is 67.1 cm³/mol. The molecule has 2 amide bonds. The van der Waals surface area contributed by atoms with Crippen LogP contribution in [0.2, 0.25) is 0 Å². The molecular formula is C9H19N3O6S. The van der Waals surface area contributed by atoms with Crippen molar-refractivity contribution in [3.8, 4) is 0 Å². The van der Waals surface area contributed by atoms with E-state index >= 15 is 0 Å². The fourth-order valence-corrected chi connectivity index (χ4v) is 2.13. The lowest BCUT2D eigenvalue weighted by Gasteiger charge is -2.17. The van der Waals surface area contributed by atoms with E-state index in [1.165, 1.54) is 6.92 Å². The minimum Gasteiger partial charge on any atom is -0.480 e. The van der Waals surface area contributed by atoms with E-state index in [0.717, 1.165) is 0 Å². The van der Waals surface area contributed by atoms with Crippen molar-refractivity contribution in [2.75, 3.05) is 18.8 Å². The summed E-state index contributed by atoms with van der Waals surface area (Å²) in [6.45, 7) is 2.91. The van der Waals surface area contributed by atoms with Gasteiger partial charge in [-0.05, 0) is 6.92 Å². The third-order valence-electron chi connectivity index (χ3n) is 2.06. The molecule has 0 fully saturated rings. The molecular weight excluding hydrogens is 278 g/mol. The Hall–Kier alpha value is -1.39. The maximum Gasteiger partial charge on any atom is 0.328 e. The molecule has 0 aromatic rings. The van der Waals surface area contributed by atoms with E-state index in [2.05, 4.69) is 10.0 Å². The van der Waals surface area contributed by atoms with E-state index in [1.807, 2.05) is 5.32 Å². The summed E-state index contributed by atoms with van der Waals surface area (Å²) in [6.07, 6.45) is -1.27. The zero-order valence-electron chi connectivity index (χ0n) is 10.7. The number of carbonyl (C=O) groups is 2. The summed E-state index contributed by atoms with van der Waals surface area (Å²) in [7, 11) is -3.45. The summed E-state index contributed by atoms with van der Waals surface area (Å²) in [5.41, 5.74) is 0. The molecule has 0 aromatic carbocycles. The molecule has 112 valence electrons. The molecule has 19 heavy (non-hydrogen) atoms. The van der Waals surface area contributed by atoms with Gasteiger partial charge in [-0.3, -0.25) is 0 Å². The van der Waals surface area contributed by atoms with Crippen LogP contribution in [-0.2, 0) is 14.8 Å². The fraction of sp³-hybridized carbons (Fsp3) is 0.778. The van der Waals surface area contributed by atoms with Crippen LogP contribution >= 0.6 is 0 Å². The molecule has 0 aliphatic heterocycles. The maximum absolute atomic E-state index is 11.3. The maximum atomic E-state index is 11.3. The Labute approximate surface area is 111 Å². The first kappa shape index (κ1) is 17.6. The zero-order valence-corrected chi connectivity index (χ0v) is 11.5. The summed E-state index contributed by atoms with van der Waals surface area (Å²) in [5, 5.41) is 22.0. The quantitative estimate of drug-likeness (QED) is 0.352. The number of aliphatic hydroxyl groups is 1. The fourth-order valence-electron chi connectivity index (χ4n) is 1.17. The standard InChI is InChI=1S/C9H19N3O6S/c1-3-11-19(17,18)5-4-10-9(16)12-7(6(2)13)8(14)15/h6-7,11,13H,3-5H2,1-2H3,(H,14,15)(H2,10,12,16)/t6-,7+/m1/s1. The molecule has 0 radical (unpaired) electrons. The molecule has 0 bridgehead atoms. The molecule has 5 N–H and O–H groups in total. The number of carbonyl (C=O) groups excluding carboxylic acids is 1. The number of aliphatic hydroxyl groups excluding tert-OH is 1. The van der Waals surface area contributed by atoms with Crippen molar-refractivity contribution in [3.63, 3.8) is 0 Å². The SMILES string of the molecule is CCNS(=O)(=O)CCNC(=O)N[C@H](C(=O)O)[C@@H](C)O. The Kier molecular flexibility index (Phi) is 7.34. The minimum absolute atomic E-state index is 0.173. The van der Waals surface area contributed by atoms with Gasteiger partial charge in [-0.2, -0.15) is 0 Å². The van der Waals surface area contributed by atoms with Gasteiger partial charge in [0.05, 0.1) is 11.9 Å². The highest BCUT2D eigenvalue weighted by atomic mass is 32.2. The summed E-state index contributed by atoms with van der Waals surface area (Å²) < 4.78 is 24.7. The van der Waals surface area contributed by atoms with Crippen LogP contribution in [0.15, 0.2) is 0 Å². The summed E-state index contributed by atoms with van der Waals surface area (Å²) in [6, 6.07) is -2.31. The Morgan fingerprint density at radius 1 is 1.32 bits per heavy atom. The van der Waals surface area contributed by atoms with Crippen LogP contribution in [0, 0.1) is 0 Å². The minimum atomic E-state index is -3.45. The van der Waals surface area contributed by atoms with Crippen molar-refractivity contribution in [1.82, 2.24) is 15.4 Å². The monoisotopic (exact) mass is 297 g/mol. The van der Waals surface area contributed by atoms with Gasteiger partial charge < -0.3 is 20.8 Å². The number of aliphatic carboxylic acids is 1. The summed E-state index contributed by atoms with van der Waals surface area (Å²) in [4.78, 5) is 22.0. The van der Waals surface area contributed by atoms with Crippen LogP contribution in [0.3, 0.4) is 0 Å². The average molecular weight is 297 g/mol. The Bertz CT molecular complexity index is 408. The lowest BCUT2D eigenvalue weighted by atomic mass is 10.2. The third-order valence-corrected chi connectivity index (χ3v) is 3.53. The number of hydrogen-bond acceptors (Lipinski definition) is 5. The summed E-state index contributed by atoms with van der Waals surface area (Å²) in [5.74, 6) is -1.70. The van der Waals surface area contributed by atoms with E-state index in [0.29, 0.717) is 0 Å². The lowest BCUT2D eigenvalue weighted by molar-refractivity contribution is -0.141. The Balaban J connectivity index is 4.16. The van der Waals surface area contributed by atoms with Gasteiger partial charge in [-0.15, -0.1) is 0 Å². The van der Waals surface area contributed by atoms with Gasteiger partial charge >= 0.3 is 12.0 Å². The molecule has 9 nitrogen and oxygen atoms in total. The molecule has 0 unspecified atom stereocenters. The first-order valence-electron chi connectivity index (χ1n) is 5.62. The Morgan fingerprint density at radius 3 is 2.32 bits per heavy atom. The van der Waals surface area contributed by atoms with E-state index in [-0.39, 0.29) is 18.8 Å². The first-order chi connectivity index (χ1) is 8.69. The van der Waals surface area contributed by atoms with Gasteiger partial charge in [-0.25, -0.2) is 22.7 Å². The van der Waals surface area contributed by atoms with Gasteiger partial charge in [-0.1, -0.05) is 6.92 Å². The topological polar surface area (TPSA) is 145 Å². The van der Waals surface area contributed by atoms with Gasteiger partial charge in [0, 0.05) is 13.1 Å². The van der Waals surface area contributed by atoms with Crippen LogP contribution in [-0.4, -0.2) is 61.6 Å². The molecule has 0 spiro atoms. The predicted octanol–water partition coefficient (Wildman–Crippen LogP) is -1.94. The van der Waals surface area contributed by atoms with Crippen molar-refractivity contribution in [2.45, 2.75) is 26.0 Å². The number of nitrogens with one attached hydrogen (secondary N) is 3. The highest BCUT2D eigenvalue weighted by Crippen LogP contribution is 1.92. The zero-order chi connectivity index (χ0) is 15.1. The smallest absolute Gasteiger partial charge is 0.328 e. The number of rotatable bonds is 8. The van der Waals surface area contributed by atoms with Gasteiger partial charge in [0.15, 0.2) is 6.04 Å². The second kappa shape index (κ2) is 7.92. The van der Waals surface area contributed by atoms with Crippen molar-refractivity contribution >= 4 is 22.0 Å². The van der Waals surface area contributed by atoms with E-state index in [9.17, 15) is 18.0 Å². The van der Waals surface area contributed by atoms with E-state index < -0.39 is 34.2 Å². The Morgan fingerprint density at radius 2 is 1.89 bits per heavy atom. The van der Waals surface area contributed by atoms with Gasteiger partial charge in [0.2, 0.25) is 10.0 Å². The molecule has 2 atom stereocenters. The molecule has 0 aliphatic carbocycles. The normalized spacial score (nSPS) is 14.5. The number of hydrogen-bond donors (Lipinski definition) is 5. The van der Waals surface area contributed by atoms with Crippen LogP contribution in [0.1, 0.15) is 13.8 Å².